The van der Waals surface area contributed by atoms with Crippen LogP contribution in [0.5, 0.6) is 0 Å². The molecule has 0 saturated carbocycles. The van der Waals surface area contributed by atoms with Crippen molar-refractivity contribution in [1.82, 2.24) is 4.90 Å². The van der Waals surface area contributed by atoms with Crippen molar-refractivity contribution in [3.05, 3.63) is 29.8 Å². The lowest BCUT2D eigenvalue weighted by atomic mass is 10.2. The summed E-state index contributed by atoms with van der Waals surface area (Å²) in [5.74, 6) is -0.861. The number of hydrogen-bond donors (Lipinski definition) is 1. The molecule has 0 radical (unpaired) electrons. The number of hydrogen-bond acceptors (Lipinski definition) is 5. The number of carbonyl (C=O) groups is 3. The molecule has 1 aromatic carbocycles. The summed E-state index contributed by atoms with van der Waals surface area (Å²) in [4.78, 5) is 37.0. The van der Waals surface area contributed by atoms with E-state index in [1.54, 1.807) is 31.2 Å². The number of rotatable bonds is 7. The van der Waals surface area contributed by atoms with Gasteiger partial charge in [0.05, 0.1) is 24.8 Å². The SMILES string of the molecule is CCOC(=O)c1ccc(NC(=O)CN(CC2CCCO2)C(C)=O)cc1. The van der Waals surface area contributed by atoms with Gasteiger partial charge in [-0.15, -0.1) is 0 Å². The molecule has 0 aliphatic carbocycles. The third-order valence-corrected chi connectivity index (χ3v) is 3.91. The van der Waals surface area contributed by atoms with Gasteiger partial charge in [-0.3, -0.25) is 9.59 Å². The van der Waals surface area contributed by atoms with Crippen LogP contribution in [0.25, 0.3) is 0 Å². The van der Waals surface area contributed by atoms with Crippen LogP contribution in [-0.4, -0.2) is 55.1 Å². The second-order valence-electron chi connectivity index (χ2n) is 5.88. The standard InChI is InChI=1S/C18H24N2O5/c1-3-24-18(23)14-6-8-15(9-7-14)19-17(22)12-20(13(2)21)11-16-5-4-10-25-16/h6-9,16H,3-5,10-12H2,1-2H3,(H,19,22). The Labute approximate surface area is 147 Å². The average Bonchev–Trinajstić information content (AvgIpc) is 3.08. The van der Waals surface area contributed by atoms with Crippen LogP contribution in [0.1, 0.15) is 37.0 Å². The maximum atomic E-state index is 12.2. The number of amides is 2. The molecule has 2 amide bonds. The van der Waals surface area contributed by atoms with Crippen LogP contribution in [0, 0.1) is 0 Å². The van der Waals surface area contributed by atoms with E-state index in [1.165, 1.54) is 11.8 Å². The molecule has 25 heavy (non-hydrogen) atoms. The van der Waals surface area contributed by atoms with Gasteiger partial charge in [-0.05, 0) is 44.0 Å². The van der Waals surface area contributed by atoms with Crippen molar-refractivity contribution in [2.75, 3.05) is 31.6 Å². The van der Waals surface area contributed by atoms with Crippen molar-refractivity contribution in [2.24, 2.45) is 0 Å². The van der Waals surface area contributed by atoms with Gasteiger partial charge in [0.25, 0.3) is 0 Å². The van der Waals surface area contributed by atoms with E-state index in [-0.39, 0.29) is 24.5 Å². The third-order valence-electron chi connectivity index (χ3n) is 3.91. The summed E-state index contributed by atoms with van der Waals surface area (Å²) < 4.78 is 10.4. The Hall–Kier alpha value is -2.41. The molecule has 1 heterocycles. The van der Waals surface area contributed by atoms with E-state index in [1.807, 2.05) is 0 Å². The molecule has 0 aromatic heterocycles. The van der Waals surface area contributed by atoms with E-state index >= 15 is 0 Å². The summed E-state index contributed by atoms with van der Waals surface area (Å²) in [5.41, 5.74) is 0.974. The Morgan fingerprint density at radius 2 is 2.00 bits per heavy atom. The largest absolute Gasteiger partial charge is 0.462 e. The molecule has 1 saturated heterocycles. The fourth-order valence-corrected chi connectivity index (χ4v) is 2.62. The molecule has 1 aromatic rings. The number of ether oxygens (including phenoxy) is 2. The molecule has 2 rings (SSSR count). The van der Waals surface area contributed by atoms with E-state index in [0.717, 1.165) is 12.8 Å². The lowest BCUT2D eigenvalue weighted by Gasteiger charge is -2.23. The van der Waals surface area contributed by atoms with Crippen LogP contribution in [0.4, 0.5) is 5.69 Å². The first kappa shape index (κ1) is 18.9. The van der Waals surface area contributed by atoms with E-state index < -0.39 is 5.97 Å². The van der Waals surface area contributed by atoms with Crippen LogP contribution in [0.3, 0.4) is 0 Å². The second kappa shape index (κ2) is 9.17. The fourth-order valence-electron chi connectivity index (χ4n) is 2.62. The van der Waals surface area contributed by atoms with Gasteiger partial charge in [-0.2, -0.15) is 0 Å². The molecule has 7 nitrogen and oxygen atoms in total. The molecule has 136 valence electrons. The predicted molar refractivity (Wildman–Crippen MR) is 92.3 cm³/mol. The van der Waals surface area contributed by atoms with Gasteiger partial charge in [-0.25, -0.2) is 4.79 Å². The molecule has 1 unspecified atom stereocenters. The minimum absolute atomic E-state index is 0.000520. The van der Waals surface area contributed by atoms with Crippen LogP contribution < -0.4 is 5.32 Å². The Morgan fingerprint density at radius 1 is 1.28 bits per heavy atom. The highest BCUT2D eigenvalue weighted by Gasteiger charge is 2.22. The van der Waals surface area contributed by atoms with Crippen molar-refractivity contribution >= 4 is 23.5 Å². The number of esters is 1. The number of carbonyl (C=O) groups excluding carboxylic acids is 3. The molecular formula is C18H24N2O5. The molecular weight excluding hydrogens is 324 g/mol. The van der Waals surface area contributed by atoms with Gasteiger partial charge in [0, 0.05) is 25.8 Å². The van der Waals surface area contributed by atoms with Crippen molar-refractivity contribution < 1.29 is 23.9 Å². The van der Waals surface area contributed by atoms with E-state index in [2.05, 4.69) is 5.32 Å². The van der Waals surface area contributed by atoms with Gasteiger partial charge in [0.15, 0.2) is 0 Å². The lowest BCUT2D eigenvalue weighted by Crippen LogP contribution is -2.41. The Kier molecular flexibility index (Phi) is 6.94. The molecule has 1 aliphatic heterocycles. The fraction of sp³-hybridized carbons (Fsp3) is 0.500. The first-order valence-electron chi connectivity index (χ1n) is 8.43. The summed E-state index contributed by atoms with van der Waals surface area (Å²) in [7, 11) is 0. The van der Waals surface area contributed by atoms with Crippen LogP contribution in [0.2, 0.25) is 0 Å². The quantitative estimate of drug-likeness (QED) is 0.760. The Morgan fingerprint density at radius 3 is 2.56 bits per heavy atom. The summed E-state index contributed by atoms with van der Waals surface area (Å²) >= 11 is 0. The summed E-state index contributed by atoms with van der Waals surface area (Å²) in [5, 5.41) is 2.72. The van der Waals surface area contributed by atoms with Crippen LogP contribution in [-0.2, 0) is 19.1 Å². The molecule has 1 fully saturated rings. The third kappa shape index (κ3) is 5.86. The van der Waals surface area contributed by atoms with E-state index in [4.69, 9.17) is 9.47 Å². The minimum Gasteiger partial charge on any atom is -0.462 e. The van der Waals surface area contributed by atoms with Crippen molar-refractivity contribution in [3.8, 4) is 0 Å². The zero-order valence-electron chi connectivity index (χ0n) is 14.6. The second-order valence-corrected chi connectivity index (χ2v) is 5.88. The average molecular weight is 348 g/mol. The van der Waals surface area contributed by atoms with Gasteiger partial charge < -0.3 is 19.7 Å². The van der Waals surface area contributed by atoms with Gasteiger partial charge >= 0.3 is 5.97 Å². The molecule has 0 bridgehead atoms. The number of anilines is 1. The summed E-state index contributed by atoms with van der Waals surface area (Å²) in [6.07, 6.45) is 1.89. The van der Waals surface area contributed by atoms with E-state index in [0.29, 0.717) is 31.0 Å². The van der Waals surface area contributed by atoms with Crippen LogP contribution >= 0.6 is 0 Å². The van der Waals surface area contributed by atoms with Gasteiger partial charge in [0.2, 0.25) is 11.8 Å². The van der Waals surface area contributed by atoms with Crippen molar-refractivity contribution in [3.63, 3.8) is 0 Å². The molecule has 0 spiro atoms. The smallest absolute Gasteiger partial charge is 0.338 e. The van der Waals surface area contributed by atoms with Crippen LogP contribution in [0.15, 0.2) is 24.3 Å². The number of benzene rings is 1. The normalized spacial score (nSPS) is 16.3. The topological polar surface area (TPSA) is 84.9 Å². The number of nitrogens with zero attached hydrogens (tertiary/aromatic N) is 1. The van der Waals surface area contributed by atoms with E-state index in [9.17, 15) is 14.4 Å². The molecule has 1 atom stereocenters. The maximum absolute atomic E-state index is 12.2. The Bertz CT molecular complexity index is 608. The number of nitrogens with one attached hydrogen (secondary N) is 1. The first-order chi connectivity index (χ1) is 12.0. The lowest BCUT2D eigenvalue weighted by molar-refractivity contribution is -0.134. The summed E-state index contributed by atoms with van der Waals surface area (Å²) in [6.45, 7) is 4.58. The van der Waals surface area contributed by atoms with Gasteiger partial charge in [-0.1, -0.05) is 0 Å². The first-order valence-corrected chi connectivity index (χ1v) is 8.43. The predicted octanol–water partition coefficient (Wildman–Crippen LogP) is 1.83. The molecule has 1 aliphatic rings. The highest BCUT2D eigenvalue weighted by molar-refractivity contribution is 5.95. The zero-order chi connectivity index (χ0) is 18.2. The minimum atomic E-state index is -0.403. The zero-order valence-corrected chi connectivity index (χ0v) is 14.6. The summed E-state index contributed by atoms with van der Waals surface area (Å²) in [6, 6.07) is 6.43. The van der Waals surface area contributed by atoms with Crippen molar-refractivity contribution in [2.45, 2.75) is 32.8 Å². The highest BCUT2D eigenvalue weighted by Crippen LogP contribution is 2.14. The molecule has 1 N–H and O–H groups in total. The highest BCUT2D eigenvalue weighted by atomic mass is 16.5. The Balaban J connectivity index is 1.89. The van der Waals surface area contributed by atoms with Gasteiger partial charge in [0.1, 0.15) is 0 Å². The monoisotopic (exact) mass is 348 g/mol. The molecule has 7 heteroatoms. The van der Waals surface area contributed by atoms with Crippen molar-refractivity contribution in [1.29, 1.82) is 0 Å². The maximum Gasteiger partial charge on any atom is 0.338 e.